The zero-order valence-corrected chi connectivity index (χ0v) is 16.9. The van der Waals surface area contributed by atoms with Crippen molar-refractivity contribution in [2.75, 3.05) is 18.4 Å². The molecule has 4 rings (SSSR count). The molecular formula is C19H19F2N5O3S. The van der Waals surface area contributed by atoms with Gasteiger partial charge < -0.3 is 14.6 Å². The van der Waals surface area contributed by atoms with Crippen molar-refractivity contribution in [3.63, 3.8) is 0 Å². The monoisotopic (exact) mass is 435 g/mol. The van der Waals surface area contributed by atoms with E-state index in [-0.39, 0.29) is 29.9 Å². The van der Waals surface area contributed by atoms with Crippen LogP contribution in [0.3, 0.4) is 0 Å². The van der Waals surface area contributed by atoms with Crippen molar-refractivity contribution in [1.82, 2.24) is 19.4 Å². The van der Waals surface area contributed by atoms with Crippen molar-refractivity contribution in [2.24, 2.45) is 5.92 Å². The molecule has 1 fully saturated rings. The van der Waals surface area contributed by atoms with E-state index in [0.29, 0.717) is 35.1 Å². The lowest BCUT2D eigenvalue weighted by Crippen LogP contribution is -2.43. The third-order valence-electron chi connectivity index (χ3n) is 4.92. The van der Waals surface area contributed by atoms with Crippen LogP contribution in [-0.4, -0.2) is 44.3 Å². The standard InChI is InChI=1S/C19H19F2N5O3S/c1-11-14(15-22-6-8-26(15)18(20)21)30-19(23-11)24-16(27)12-4-2-7-25(10-12)17(28)13-5-3-9-29-13/h3,5-6,8-9,12,18H,2,4,7,10H2,1H3,(H,23,24,27). The van der Waals surface area contributed by atoms with E-state index in [0.717, 1.165) is 15.9 Å². The molecule has 3 aromatic rings. The summed E-state index contributed by atoms with van der Waals surface area (Å²) in [6.07, 6.45) is 5.26. The number of anilines is 1. The molecule has 8 nitrogen and oxygen atoms in total. The lowest BCUT2D eigenvalue weighted by Gasteiger charge is -2.31. The maximum Gasteiger partial charge on any atom is 0.320 e. The van der Waals surface area contributed by atoms with Gasteiger partial charge in [0.15, 0.2) is 16.7 Å². The Kier molecular flexibility index (Phi) is 5.62. The quantitative estimate of drug-likeness (QED) is 0.658. The van der Waals surface area contributed by atoms with Crippen molar-refractivity contribution in [3.8, 4) is 10.7 Å². The largest absolute Gasteiger partial charge is 0.459 e. The molecule has 1 atom stereocenters. The summed E-state index contributed by atoms with van der Waals surface area (Å²) in [6.45, 7) is -0.212. The molecule has 1 aliphatic rings. The number of aryl methyl sites for hydroxylation is 1. The molecule has 1 N–H and O–H groups in total. The summed E-state index contributed by atoms with van der Waals surface area (Å²) in [5, 5.41) is 3.07. The zero-order chi connectivity index (χ0) is 21.3. The fourth-order valence-electron chi connectivity index (χ4n) is 3.44. The molecular weight excluding hydrogens is 416 g/mol. The number of aromatic nitrogens is 3. The van der Waals surface area contributed by atoms with Crippen LogP contribution in [0.4, 0.5) is 13.9 Å². The maximum atomic E-state index is 13.1. The first kappa shape index (κ1) is 20.2. The van der Waals surface area contributed by atoms with Crippen molar-refractivity contribution < 1.29 is 22.8 Å². The lowest BCUT2D eigenvalue weighted by molar-refractivity contribution is -0.121. The van der Waals surface area contributed by atoms with Crippen LogP contribution in [0.5, 0.6) is 0 Å². The van der Waals surface area contributed by atoms with E-state index in [2.05, 4.69) is 15.3 Å². The number of halogens is 2. The van der Waals surface area contributed by atoms with Gasteiger partial charge in [0, 0.05) is 25.5 Å². The van der Waals surface area contributed by atoms with Crippen LogP contribution in [0, 0.1) is 12.8 Å². The summed E-state index contributed by atoms with van der Waals surface area (Å²) in [5.41, 5.74) is 0.502. The van der Waals surface area contributed by atoms with Crippen LogP contribution in [0.1, 0.15) is 35.6 Å². The van der Waals surface area contributed by atoms with E-state index in [1.165, 1.54) is 18.7 Å². The molecule has 1 aliphatic heterocycles. The van der Waals surface area contributed by atoms with Gasteiger partial charge in [-0.1, -0.05) is 11.3 Å². The number of hydrogen-bond donors (Lipinski definition) is 1. The van der Waals surface area contributed by atoms with Crippen LogP contribution >= 0.6 is 11.3 Å². The molecule has 1 saturated heterocycles. The Morgan fingerprint density at radius 1 is 1.40 bits per heavy atom. The Balaban J connectivity index is 1.45. The van der Waals surface area contributed by atoms with Crippen LogP contribution in [0.2, 0.25) is 0 Å². The number of amides is 2. The number of alkyl halides is 2. The third kappa shape index (κ3) is 3.97. The SMILES string of the molecule is Cc1nc(NC(=O)C2CCCN(C(=O)c3ccco3)C2)sc1-c1nccn1C(F)F. The molecule has 0 aliphatic carbocycles. The molecule has 158 valence electrons. The number of carbonyl (C=O) groups excluding carboxylic acids is 2. The predicted molar refractivity (Wildman–Crippen MR) is 105 cm³/mol. The first-order valence-electron chi connectivity index (χ1n) is 9.36. The van der Waals surface area contributed by atoms with Gasteiger partial charge >= 0.3 is 6.55 Å². The Morgan fingerprint density at radius 2 is 2.23 bits per heavy atom. The van der Waals surface area contributed by atoms with Gasteiger partial charge in [0.05, 0.1) is 22.8 Å². The number of imidazole rings is 1. The normalized spacial score (nSPS) is 16.8. The van der Waals surface area contributed by atoms with Crippen molar-refractivity contribution in [3.05, 3.63) is 42.2 Å². The lowest BCUT2D eigenvalue weighted by atomic mass is 9.97. The van der Waals surface area contributed by atoms with Crippen molar-refractivity contribution in [1.29, 1.82) is 0 Å². The summed E-state index contributed by atoms with van der Waals surface area (Å²) in [7, 11) is 0. The first-order valence-corrected chi connectivity index (χ1v) is 10.2. The number of thiazole rings is 1. The van der Waals surface area contributed by atoms with Gasteiger partial charge in [0.2, 0.25) is 5.91 Å². The third-order valence-corrected chi connectivity index (χ3v) is 5.99. The summed E-state index contributed by atoms with van der Waals surface area (Å²) in [4.78, 5) is 35.6. The second kappa shape index (κ2) is 8.34. The molecule has 0 radical (unpaired) electrons. The summed E-state index contributed by atoms with van der Waals surface area (Å²) < 4.78 is 32.2. The zero-order valence-electron chi connectivity index (χ0n) is 16.0. The van der Waals surface area contributed by atoms with E-state index in [1.54, 1.807) is 24.0 Å². The van der Waals surface area contributed by atoms with Gasteiger partial charge in [-0.15, -0.1) is 0 Å². The Bertz CT molecular complexity index is 1050. The van der Waals surface area contributed by atoms with E-state index in [1.807, 2.05) is 0 Å². The highest BCUT2D eigenvalue weighted by Crippen LogP contribution is 2.34. The average molecular weight is 435 g/mol. The number of nitrogens with zero attached hydrogens (tertiary/aromatic N) is 4. The Morgan fingerprint density at radius 3 is 2.97 bits per heavy atom. The summed E-state index contributed by atoms with van der Waals surface area (Å²) >= 11 is 1.09. The number of nitrogens with one attached hydrogen (secondary N) is 1. The minimum atomic E-state index is -2.72. The molecule has 0 saturated carbocycles. The van der Waals surface area contributed by atoms with E-state index in [9.17, 15) is 18.4 Å². The highest BCUT2D eigenvalue weighted by molar-refractivity contribution is 7.19. The van der Waals surface area contributed by atoms with Gasteiger partial charge in [-0.3, -0.25) is 14.2 Å². The summed E-state index contributed by atoms with van der Waals surface area (Å²) in [5.74, 6) is -0.555. The Hall–Kier alpha value is -3.08. The second-order valence-corrected chi connectivity index (χ2v) is 7.93. The highest BCUT2D eigenvalue weighted by atomic mass is 32.1. The number of rotatable bonds is 5. The molecule has 30 heavy (non-hydrogen) atoms. The summed E-state index contributed by atoms with van der Waals surface area (Å²) in [6, 6.07) is 3.23. The molecule has 2 amide bonds. The predicted octanol–water partition coefficient (Wildman–Crippen LogP) is 3.79. The average Bonchev–Trinajstić information content (AvgIpc) is 3.48. The van der Waals surface area contributed by atoms with Crippen LogP contribution in [-0.2, 0) is 4.79 Å². The molecule has 1 unspecified atom stereocenters. The van der Waals surface area contributed by atoms with Crippen molar-refractivity contribution >= 4 is 28.3 Å². The Labute approximate surface area is 174 Å². The van der Waals surface area contributed by atoms with E-state index >= 15 is 0 Å². The molecule has 11 heteroatoms. The minimum Gasteiger partial charge on any atom is -0.459 e. The fourth-order valence-corrected chi connectivity index (χ4v) is 4.41. The first-order chi connectivity index (χ1) is 14.4. The number of furan rings is 1. The molecule has 0 aromatic carbocycles. The topological polar surface area (TPSA) is 93.3 Å². The number of hydrogen-bond acceptors (Lipinski definition) is 6. The van der Waals surface area contributed by atoms with Gasteiger partial charge in [-0.2, -0.15) is 8.78 Å². The van der Waals surface area contributed by atoms with Gasteiger partial charge in [-0.05, 0) is 31.9 Å². The number of carbonyl (C=O) groups is 2. The van der Waals surface area contributed by atoms with Crippen LogP contribution in [0.25, 0.3) is 10.7 Å². The van der Waals surface area contributed by atoms with E-state index < -0.39 is 12.5 Å². The second-order valence-electron chi connectivity index (χ2n) is 6.93. The highest BCUT2D eigenvalue weighted by Gasteiger charge is 2.30. The van der Waals surface area contributed by atoms with Crippen LogP contribution < -0.4 is 5.32 Å². The van der Waals surface area contributed by atoms with Gasteiger partial charge in [0.1, 0.15) is 0 Å². The van der Waals surface area contributed by atoms with E-state index in [4.69, 9.17) is 4.42 Å². The fraction of sp³-hybridized carbons (Fsp3) is 0.368. The van der Waals surface area contributed by atoms with Gasteiger partial charge in [0.25, 0.3) is 5.91 Å². The van der Waals surface area contributed by atoms with Crippen molar-refractivity contribution in [2.45, 2.75) is 26.3 Å². The molecule has 0 bridgehead atoms. The number of likely N-dealkylation sites (tertiary alicyclic amines) is 1. The molecule has 4 heterocycles. The molecule has 0 spiro atoms. The van der Waals surface area contributed by atoms with Crippen LogP contribution in [0.15, 0.2) is 35.2 Å². The van der Waals surface area contributed by atoms with Gasteiger partial charge in [-0.25, -0.2) is 9.97 Å². The maximum absolute atomic E-state index is 13.1. The number of piperidine rings is 1. The smallest absolute Gasteiger partial charge is 0.320 e. The molecule has 3 aromatic heterocycles. The minimum absolute atomic E-state index is 0.105.